The molecule has 1 unspecified atom stereocenters. The molecule has 0 bridgehead atoms. The van der Waals surface area contributed by atoms with E-state index in [1.54, 1.807) is 0 Å². The number of piperazine rings is 1. The zero-order valence-corrected chi connectivity index (χ0v) is 12.4. The number of rotatable bonds is 5. The summed E-state index contributed by atoms with van der Waals surface area (Å²) in [5.41, 5.74) is 0. The zero-order valence-electron chi connectivity index (χ0n) is 12.4. The van der Waals surface area contributed by atoms with E-state index in [0.29, 0.717) is 18.4 Å². The summed E-state index contributed by atoms with van der Waals surface area (Å²) in [6.07, 6.45) is 3.24. The fraction of sp³-hybridized carbons (Fsp3) is 0.929. The van der Waals surface area contributed by atoms with Crippen LogP contribution in [-0.4, -0.2) is 86.6 Å². The number of likely N-dealkylation sites (tertiary alicyclic amines) is 1. The van der Waals surface area contributed by atoms with Crippen LogP contribution in [0.15, 0.2) is 0 Å². The van der Waals surface area contributed by atoms with Gasteiger partial charge in [-0.1, -0.05) is 0 Å². The van der Waals surface area contributed by atoms with Crippen molar-refractivity contribution < 1.29 is 4.79 Å². The predicted octanol–water partition coefficient (Wildman–Crippen LogP) is -0.166. The van der Waals surface area contributed by atoms with Crippen molar-refractivity contribution in [2.75, 3.05) is 59.9 Å². The number of hydrogen-bond acceptors (Lipinski definition) is 4. The second-order valence-electron chi connectivity index (χ2n) is 5.98. The highest BCUT2D eigenvalue weighted by molar-refractivity contribution is 5.76. The van der Waals surface area contributed by atoms with Crippen LogP contribution in [0, 0.1) is 0 Å². The van der Waals surface area contributed by atoms with E-state index in [1.165, 1.54) is 12.8 Å². The lowest BCUT2D eigenvalue weighted by Gasteiger charge is -2.30. The quantitative estimate of drug-likeness (QED) is 0.752. The molecular formula is C14H28N4O. The first kappa shape index (κ1) is 14.8. The average molecular weight is 268 g/mol. The molecule has 2 rings (SSSR count). The van der Waals surface area contributed by atoms with E-state index in [9.17, 15) is 4.79 Å². The van der Waals surface area contributed by atoms with Crippen molar-refractivity contribution in [2.45, 2.75) is 25.3 Å². The van der Waals surface area contributed by atoms with Gasteiger partial charge in [-0.05, 0) is 33.5 Å². The van der Waals surface area contributed by atoms with E-state index in [0.717, 1.165) is 45.8 Å². The maximum absolute atomic E-state index is 12.1. The molecular weight excluding hydrogens is 240 g/mol. The van der Waals surface area contributed by atoms with E-state index in [-0.39, 0.29) is 0 Å². The van der Waals surface area contributed by atoms with Gasteiger partial charge in [-0.25, -0.2) is 0 Å². The number of carbonyl (C=O) groups excluding carboxylic acids is 1. The van der Waals surface area contributed by atoms with Gasteiger partial charge in [0.2, 0.25) is 5.91 Å². The molecule has 2 saturated heterocycles. The first-order valence-electron chi connectivity index (χ1n) is 7.54. The number of nitrogens with zero attached hydrogens (tertiary/aromatic N) is 3. The van der Waals surface area contributed by atoms with Gasteiger partial charge >= 0.3 is 0 Å². The van der Waals surface area contributed by atoms with Gasteiger partial charge in [-0.3, -0.25) is 9.69 Å². The molecule has 0 aliphatic carbocycles. The molecule has 0 radical (unpaired) electrons. The SMILES string of the molecule is CN(C)CC1CCCN1CCC(=O)N1CCNCC1. The summed E-state index contributed by atoms with van der Waals surface area (Å²) in [5, 5.41) is 3.29. The van der Waals surface area contributed by atoms with E-state index in [2.05, 4.69) is 29.2 Å². The van der Waals surface area contributed by atoms with Gasteiger partial charge in [0.15, 0.2) is 0 Å². The van der Waals surface area contributed by atoms with E-state index < -0.39 is 0 Å². The number of nitrogens with one attached hydrogen (secondary N) is 1. The van der Waals surface area contributed by atoms with Crippen LogP contribution >= 0.6 is 0 Å². The number of hydrogen-bond donors (Lipinski definition) is 1. The molecule has 110 valence electrons. The van der Waals surface area contributed by atoms with Crippen molar-refractivity contribution in [2.24, 2.45) is 0 Å². The summed E-state index contributed by atoms with van der Waals surface area (Å²) in [6.45, 7) is 6.84. The fourth-order valence-corrected chi connectivity index (χ4v) is 3.13. The summed E-state index contributed by atoms with van der Waals surface area (Å²) in [4.78, 5) is 18.9. The summed E-state index contributed by atoms with van der Waals surface area (Å²) in [5.74, 6) is 0.331. The molecule has 0 aromatic rings. The highest BCUT2D eigenvalue weighted by atomic mass is 16.2. The molecule has 0 spiro atoms. The van der Waals surface area contributed by atoms with E-state index in [4.69, 9.17) is 0 Å². The molecule has 19 heavy (non-hydrogen) atoms. The second kappa shape index (κ2) is 7.22. The molecule has 2 aliphatic heterocycles. The molecule has 0 saturated carbocycles. The van der Waals surface area contributed by atoms with E-state index in [1.807, 2.05) is 4.90 Å². The van der Waals surface area contributed by atoms with Gasteiger partial charge in [-0.15, -0.1) is 0 Å². The molecule has 5 nitrogen and oxygen atoms in total. The van der Waals surface area contributed by atoms with Crippen molar-refractivity contribution in [1.82, 2.24) is 20.0 Å². The smallest absolute Gasteiger partial charge is 0.223 e. The highest BCUT2D eigenvalue weighted by Gasteiger charge is 2.26. The summed E-state index contributed by atoms with van der Waals surface area (Å²) < 4.78 is 0. The summed E-state index contributed by atoms with van der Waals surface area (Å²) in [7, 11) is 4.25. The monoisotopic (exact) mass is 268 g/mol. The minimum atomic E-state index is 0.331. The Labute approximate surface area is 116 Å². The van der Waals surface area contributed by atoms with Crippen molar-refractivity contribution in [3.8, 4) is 0 Å². The summed E-state index contributed by atoms with van der Waals surface area (Å²) >= 11 is 0. The minimum absolute atomic E-state index is 0.331. The first-order chi connectivity index (χ1) is 9.16. The van der Waals surface area contributed by atoms with Crippen molar-refractivity contribution in [3.63, 3.8) is 0 Å². The van der Waals surface area contributed by atoms with Gasteiger partial charge in [0.1, 0.15) is 0 Å². The van der Waals surface area contributed by atoms with Gasteiger partial charge in [0.05, 0.1) is 0 Å². The van der Waals surface area contributed by atoms with Crippen molar-refractivity contribution in [3.05, 3.63) is 0 Å². The van der Waals surface area contributed by atoms with Gasteiger partial charge < -0.3 is 15.1 Å². The Morgan fingerprint density at radius 1 is 1.26 bits per heavy atom. The lowest BCUT2D eigenvalue weighted by Crippen LogP contribution is -2.47. The Bertz CT molecular complexity index is 289. The van der Waals surface area contributed by atoms with Crippen molar-refractivity contribution in [1.29, 1.82) is 0 Å². The highest BCUT2D eigenvalue weighted by Crippen LogP contribution is 2.18. The normalized spacial score (nSPS) is 25.2. The number of carbonyl (C=O) groups is 1. The molecule has 2 aliphatic rings. The first-order valence-corrected chi connectivity index (χ1v) is 7.54. The minimum Gasteiger partial charge on any atom is -0.340 e. The third kappa shape index (κ3) is 4.44. The standard InChI is InChI=1S/C14H28N4O/c1-16(2)12-13-4-3-8-17(13)9-5-14(19)18-10-6-15-7-11-18/h13,15H,3-12H2,1-2H3. The molecule has 1 amide bonds. The largest absolute Gasteiger partial charge is 0.340 e. The lowest BCUT2D eigenvalue weighted by atomic mass is 10.2. The van der Waals surface area contributed by atoms with Crippen LogP contribution in [0.1, 0.15) is 19.3 Å². The average Bonchev–Trinajstić information content (AvgIpc) is 2.83. The topological polar surface area (TPSA) is 38.8 Å². The van der Waals surface area contributed by atoms with Crippen LogP contribution in [0.3, 0.4) is 0 Å². The van der Waals surface area contributed by atoms with Crippen LogP contribution in [0.25, 0.3) is 0 Å². The van der Waals surface area contributed by atoms with Crippen LogP contribution in [0.5, 0.6) is 0 Å². The molecule has 0 aromatic heterocycles. The Morgan fingerprint density at radius 3 is 2.68 bits per heavy atom. The van der Waals surface area contributed by atoms with Crippen LogP contribution < -0.4 is 5.32 Å². The summed E-state index contributed by atoms with van der Waals surface area (Å²) in [6, 6.07) is 0.644. The second-order valence-corrected chi connectivity index (χ2v) is 5.98. The lowest BCUT2D eigenvalue weighted by molar-refractivity contribution is -0.132. The van der Waals surface area contributed by atoms with Crippen LogP contribution in [0.2, 0.25) is 0 Å². The number of likely N-dealkylation sites (N-methyl/N-ethyl adjacent to an activating group) is 1. The third-order valence-corrected chi connectivity index (χ3v) is 4.16. The third-order valence-electron chi connectivity index (χ3n) is 4.16. The van der Waals surface area contributed by atoms with E-state index >= 15 is 0 Å². The molecule has 2 heterocycles. The molecule has 2 fully saturated rings. The Hall–Kier alpha value is -0.650. The molecule has 5 heteroatoms. The van der Waals surface area contributed by atoms with Gasteiger partial charge in [0.25, 0.3) is 0 Å². The Balaban J connectivity index is 1.72. The maximum Gasteiger partial charge on any atom is 0.223 e. The Kier molecular flexibility index (Phi) is 5.60. The zero-order chi connectivity index (χ0) is 13.7. The van der Waals surface area contributed by atoms with Crippen LogP contribution in [0.4, 0.5) is 0 Å². The Morgan fingerprint density at radius 2 is 2.00 bits per heavy atom. The fourth-order valence-electron chi connectivity index (χ4n) is 3.13. The molecule has 0 aromatic carbocycles. The van der Waals surface area contributed by atoms with Crippen LogP contribution in [-0.2, 0) is 4.79 Å². The van der Waals surface area contributed by atoms with Crippen molar-refractivity contribution >= 4 is 5.91 Å². The predicted molar refractivity (Wildman–Crippen MR) is 77.2 cm³/mol. The maximum atomic E-state index is 12.1. The number of amides is 1. The molecule has 1 atom stereocenters. The molecule has 1 N–H and O–H groups in total. The van der Waals surface area contributed by atoms with Gasteiger partial charge in [-0.2, -0.15) is 0 Å². The van der Waals surface area contributed by atoms with Gasteiger partial charge in [0, 0.05) is 51.7 Å².